The number of anilines is 2. The van der Waals surface area contributed by atoms with Gasteiger partial charge < -0.3 is 26.2 Å². The van der Waals surface area contributed by atoms with Crippen molar-refractivity contribution in [2.24, 2.45) is 0 Å². The van der Waals surface area contributed by atoms with Crippen molar-refractivity contribution < 1.29 is 19.2 Å². The number of likely N-dealkylation sites (N-methyl/N-ethyl adjacent to an activating group) is 1. The molecule has 5 amide bonds. The molecule has 1 fully saturated rings. The summed E-state index contributed by atoms with van der Waals surface area (Å²) in [5.41, 5.74) is 1.54. The first kappa shape index (κ1) is 21.8. The zero-order valence-corrected chi connectivity index (χ0v) is 17.2. The molecule has 9 nitrogen and oxygen atoms in total. The van der Waals surface area contributed by atoms with Crippen molar-refractivity contribution in [2.45, 2.75) is 18.9 Å². The molecule has 2 aromatic rings. The van der Waals surface area contributed by atoms with E-state index in [-0.39, 0.29) is 18.4 Å². The number of carbonyl (C=O) groups excluding carboxylic acids is 4. The van der Waals surface area contributed by atoms with E-state index < -0.39 is 18.0 Å². The van der Waals surface area contributed by atoms with E-state index >= 15 is 0 Å². The molecule has 9 heteroatoms. The van der Waals surface area contributed by atoms with Gasteiger partial charge in [-0.3, -0.25) is 14.4 Å². The second-order valence-electron chi connectivity index (χ2n) is 7.06. The lowest BCUT2D eigenvalue weighted by atomic mass is 10.2. The molecular weight excluding hydrogens is 398 g/mol. The number of carbonyl (C=O) groups is 4. The van der Waals surface area contributed by atoms with Gasteiger partial charge in [-0.15, -0.1) is 0 Å². The summed E-state index contributed by atoms with van der Waals surface area (Å²) >= 11 is 0. The molecule has 1 unspecified atom stereocenters. The molecule has 0 aromatic heterocycles. The third-order valence-electron chi connectivity index (χ3n) is 4.96. The van der Waals surface area contributed by atoms with Gasteiger partial charge in [0.1, 0.15) is 6.04 Å². The SMILES string of the molecule is CNC(=O)C1CCCN1C(=O)CNC(=O)c1ccc(NC(=O)Nc2ccccc2)cc1. The van der Waals surface area contributed by atoms with Crippen molar-refractivity contribution in [3.05, 3.63) is 60.2 Å². The predicted octanol–water partition coefficient (Wildman–Crippen LogP) is 1.80. The smallest absolute Gasteiger partial charge is 0.323 e. The Labute approximate surface area is 180 Å². The third-order valence-corrected chi connectivity index (χ3v) is 4.96. The third kappa shape index (κ3) is 5.81. The summed E-state index contributed by atoms with van der Waals surface area (Å²) in [7, 11) is 1.54. The molecule has 0 aliphatic carbocycles. The van der Waals surface area contributed by atoms with Gasteiger partial charge in [0.15, 0.2) is 0 Å². The zero-order chi connectivity index (χ0) is 22.2. The van der Waals surface area contributed by atoms with Crippen molar-refractivity contribution in [1.29, 1.82) is 0 Å². The largest absolute Gasteiger partial charge is 0.357 e. The van der Waals surface area contributed by atoms with Crippen LogP contribution in [0.1, 0.15) is 23.2 Å². The minimum Gasteiger partial charge on any atom is -0.357 e. The maximum Gasteiger partial charge on any atom is 0.323 e. The van der Waals surface area contributed by atoms with E-state index in [1.54, 1.807) is 36.4 Å². The molecule has 31 heavy (non-hydrogen) atoms. The van der Waals surface area contributed by atoms with Crippen molar-refractivity contribution in [1.82, 2.24) is 15.5 Å². The highest BCUT2D eigenvalue weighted by Crippen LogP contribution is 2.17. The number of rotatable bonds is 6. The highest BCUT2D eigenvalue weighted by molar-refractivity contribution is 6.01. The van der Waals surface area contributed by atoms with E-state index in [0.717, 1.165) is 6.42 Å². The molecule has 0 bridgehead atoms. The van der Waals surface area contributed by atoms with Crippen LogP contribution in [0.25, 0.3) is 0 Å². The zero-order valence-electron chi connectivity index (χ0n) is 17.2. The summed E-state index contributed by atoms with van der Waals surface area (Å²) in [6.07, 6.45) is 1.37. The van der Waals surface area contributed by atoms with Crippen LogP contribution in [0, 0.1) is 0 Å². The molecule has 1 saturated heterocycles. The number of para-hydroxylation sites is 1. The van der Waals surface area contributed by atoms with E-state index in [2.05, 4.69) is 21.3 Å². The quantitative estimate of drug-likeness (QED) is 0.566. The number of hydrogen-bond donors (Lipinski definition) is 4. The lowest BCUT2D eigenvalue weighted by Crippen LogP contribution is -2.48. The summed E-state index contributed by atoms with van der Waals surface area (Å²) < 4.78 is 0. The number of likely N-dealkylation sites (tertiary alicyclic amines) is 1. The number of hydrogen-bond acceptors (Lipinski definition) is 4. The van der Waals surface area contributed by atoms with E-state index in [1.807, 2.05) is 18.2 Å². The Kier molecular flexibility index (Phi) is 7.21. The summed E-state index contributed by atoms with van der Waals surface area (Å²) in [4.78, 5) is 50.2. The number of amides is 5. The Balaban J connectivity index is 1.49. The average Bonchev–Trinajstić information content (AvgIpc) is 3.28. The van der Waals surface area contributed by atoms with Gasteiger partial charge in [0.2, 0.25) is 11.8 Å². The fourth-order valence-corrected chi connectivity index (χ4v) is 3.38. The number of nitrogens with one attached hydrogen (secondary N) is 4. The standard InChI is InChI=1S/C22H25N5O4/c1-23-21(30)18-8-5-13-27(18)19(28)14-24-20(29)15-9-11-17(12-10-15)26-22(31)25-16-6-3-2-4-7-16/h2-4,6-7,9-12,18H,5,8,13-14H2,1H3,(H,23,30)(H,24,29)(H2,25,26,31). The van der Waals surface area contributed by atoms with Gasteiger partial charge in [0.25, 0.3) is 5.91 Å². The molecule has 0 spiro atoms. The van der Waals surface area contributed by atoms with Crippen LogP contribution in [-0.4, -0.2) is 54.8 Å². The molecular formula is C22H25N5O4. The van der Waals surface area contributed by atoms with Crippen LogP contribution in [0.5, 0.6) is 0 Å². The van der Waals surface area contributed by atoms with Gasteiger partial charge in [0.05, 0.1) is 6.54 Å². The number of nitrogens with zero attached hydrogens (tertiary/aromatic N) is 1. The Hall–Kier alpha value is -3.88. The van der Waals surface area contributed by atoms with Gasteiger partial charge in [-0.25, -0.2) is 4.79 Å². The molecule has 1 aliphatic heterocycles. The summed E-state index contributed by atoms with van der Waals surface area (Å²) in [5.74, 6) is -0.906. The molecule has 1 atom stereocenters. The molecule has 0 saturated carbocycles. The maximum absolute atomic E-state index is 12.4. The van der Waals surface area contributed by atoms with Gasteiger partial charge in [0, 0.05) is 30.5 Å². The van der Waals surface area contributed by atoms with Crippen LogP contribution in [-0.2, 0) is 9.59 Å². The van der Waals surface area contributed by atoms with Crippen LogP contribution in [0.15, 0.2) is 54.6 Å². The molecule has 4 N–H and O–H groups in total. The minimum absolute atomic E-state index is 0.189. The van der Waals surface area contributed by atoms with Crippen molar-refractivity contribution in [3.8, 4) is 0 Å². The predicted molar refractivity (Wildman–Crippen MR) is 117 cm³/mol. The Morgan fingerprint density at radius 3 is 2.23 bits per heavy atom. The summed E-state index contributed by atoms with van der Waals surface area (Å²) in [6, 6.07) is 14.5. The monoisotopic (exact) mass is 423 g/mol. The van der Waals surface area contributed by atoms with Crippen LogP contribution < -0.4 is 21.3 Å². The van der Waals surface area contributed by atoms with Crippen molar-refractivity contribution in [2.75, 3.05) is 30.8 Å². The second kappa shape index (κ2) is 10.2. The molecule has 1 heterocycles. The van der Waals surface area contributed by atoms with Crippen LogP contribution >= 0.6 is 0 Å². The second-order valence-corrected chi connectivity index (χ2v) is 7.06. The lowest BCUT2D eigenvalue weighted by molar-refractivity contribution is -0.137. The Bertz CT molecular complexity index is 946. The first-order chi connectivity index (χ1) is 15.0. The highest BCUT2D eigenvalue weighted by Gasteiger charge is 2.33. The Morgan fingerprint density at radius 1 is 0.935 bits per heavy atom. The maximum atomic E-state index is 12.4. The van der Waals surface area contributed by atoms with Gasteiger partial charge in [-0.2, -0.15) is 0 Å². The number of urea groups is 1. The first-order valence-electron chi connectivity index (χ1n) is 10.0. The molecule has 2 aromatic carbocycles. The van der Waals surface area contributed by atoms with Crippen LogP contribution in [0.3, 0.4) is 0 Å². The van der Waals surface area contributed by atoms with Crippen LogP contribution in [0.2, 0.25) is 0 Å². The molecule has 162 valence electrons. The van der Waals surface area contributed by atoms with Crippen molar-refractivity contribution >= 4 is 35.1 Å². The fraction of sp³-hybridized carbons (Fsp3) is 0.273. The van der Waals surface area contributed by atoms with Gasteiger partial charge in [-0.05, 0) is 49.2 Å². The van der Waals surface area contributed by atoms with E-state index in [1.165, 1.54) is 11.9 Å². The topological polar surface area (TPSA) is 120 Å². The average molecular weight is 423 g/mol. The molecule has 3 rings (SSSR count). The summed E-state index contributed by atoms with van der Waals surface area (Å²) in [6.45, 7) is 0.310. The molecule has 0 radical (unpaired) electrons. The normalized spacial score (nSPS) is 15.1. The fourth-order valence-electron chi connectivity index (χ4n) is 3.38. The van der Waals surface area contributed by atoms with Gasteiger partial charge in [-0.1, -0.05) is 18.2 Å². The lowest BCUT2D eigenvalue weighted by Gasteiger charge is -2.23. The highest BCUT2D eigenvalue weighted by atomic mass is 16.2. The van der Waals surface area contributed by atoms with E-state index in [9.17, 15) is 19.2 Å². The summed E-state index contributed by atoms with van der Waals surface area (Å²) in [5, 5.41) is 10.5. The first-order valence-corrected chi connectivity index (χ1v) is 10.0. The number of benzene rings is 2. The van der Waals surface area contributed by atoms with E-state index in [0.29, 0.717) is 29.9 Å². The Morgan fingerprint density at radius 2 is 1.58 bits per heavy atom. The van der Waals surface area contributed by atoms with E-state index in [4.69, 9.17) is 0 Å². The molecule has 1 aliphatic rings. The van der Waals surface area contributed by atoms with Crippen LogP contribution in [0.4, 0.5) is 16.2 Å². The van der Waals surface area contributed by atoms with Crippen molar-refractivity contribution in [3.63, 3.8) is 0 Å². The minimum atomic E-state index is -0.484. The van der Waals surface area contributed by atoms with Gasteiger partial charge >= 0.3 is 6.03 Å².